The molecule has 1 amide bonds. The SMILES string of the molecule is N#Cc1c(NC(=O)/C=C/C(=O)O)sc2c1CCN(Cc1ccccc1)C2. The summed E-state index contributed by atoms with van der Waals surface area (Å²) < 4.78 is 0. The number of fused-ring (bicyclic) bond motifs is 1. The van der Waals surface area contributed by atoms with Gasteiger partial charge in [-0.05, 0) is 17.5 Å². The second kappa shape index (κ2) is 7.95. The second-order valence-corrected chi connectivity index (χ2v) is 7.03. The van der Waals surface area contributed by atoms with E-state index in [1.54, 1.807) is 0 Å². The van der Waals surface area contributed by atoms with Crippen molar-refractivity contribution >= 4 is 28.2 Å². The maximum absolute atomic E-state index is 11.8. The minimum absolute atomic E-state index is 0.485. The third-order valence-electron chi connectivity index (χ3n) is 4.11. The molecule has 0 atom stereocenters. The van der Waals surface area contributed by atoms with Crippen molar-refractivity contribution in [3.63, 3.8) is 0 Å². The Balaban J connectivity index is 1.75. The zero-order valence-electron chi connectivity index (χ0n) is 13.9. The minimum Gasteiger partial charge on any atom is -0.478 e. The van der Waals surface area contributed by atoms with Gasteiger partial charge in [-0.15, -0.1) is 11.3 Å². The van der Waals surface area contributed by atoms with Crippen molar-refractivity contribution in [2.75, 3.05) is 11.9 Å². The smallest absolute Gasteiger partial charge is 0.328 e. The van der Waals surface area contributed by atoms with Crippen molar-refractivity contribution in [3.8, 4) is 6.07 Å². The van der Waals surface area contributed by atoms with E-state index in [2.05, 4.69) is 28.4 Å². The third kappa shape index (κ3) is 4.17. The zero-order valence-corrected chi connectivity index (χ0v) is 14.8. The number of nitriles is 1. The highest BCUT2D eigenvalue weighted by atomic mass is 32.1. The number of amides is 1. The number of aliphatic carboxylic acids is 1. The highest BCUT2D eigenvalue weighted by molar-refractivity contribution is 7.16. The first-order chi connectivity index (χ1) is 12.6. The van der Waals surface area contributed by atoms with Gasteiger partial charge < -0.3 is 10.4 Å². The molecule has 7 heteroatoms. The Kier molecular flexibility index (Phi) is 5.46. The molecule has 0 aliphatic carbocycles. The van der Waals surface area contributed by atoms with Gasteiger partial charge in [0.05, 0.1) is 5.56 Å². The lowest BCUT2D eigenvalue weighted by molar-refractivity contribution is -0.131. The van der Waals surface area contributed by atoms with Crippen molar-refractivity contribution in [2.45, 2.75) is 19.5 Å². The lowest BCUT2D eigenvalue weighted by Gasteiger charge is -2.26. The van der Waals surface area contributed by atoms with E-state index in [1.165, 1.54) is 16.9 Å². The number of hydrogen-bond acceptors (Lipinski definition) is 5. The molecule has 0 saturated carbocycles. The summed E-state index contributed by atoms with van der Waals surface area (Å²) in [4.78, 5) is 25.7. The largest absolute Gasteiger partial charge is 0.478 e. The average molecular weight is 367 g/mol. The molecule has 0 saturated heterocycles. The van der Waals surface area contributed by atoms with E-state index >= 15 is 0 Å². The fourth-order valence-electron chi connectivity index (χ4n) is 2.94. The number of hydrogen-bond donors (Lipinski definition) is 2. The summed E-state index contributed by atoms with van der Waals surface area (Å²) in [6.45, 7) is 2.41. The van der Waals surface area contributed by atoms with Gasteiger partial charge in [0.15, 0.2) is 0 Å². The van der Waals surface area contributed by atoms with Crippen LogP contribution in [0.2, 0.25) is 0 Å². The molecular formula is C19H17N3O3S. The Labute approximate surface area is 155 Å². The molecule has 1 aromatic carbocycles. The summed E-state index contributed by atoms with van der Waals surface area (Å²) in [6.07, 6.45) is 2.47. The summed E-state index contributed by atoms with van der Waals surface area (Å²) in [5.74, 6) is -1.74. The van der Waals surface area contributed by atoms with Crippen LogP contribution in [-0.2, 0) is 29.1 Å². The van der Waals surface area contributed by atoms with Gasteiger partial charge in [-0.3, -0.25) is 9.69 Å². The number of thiophene rings is 1. The van der Waals surface area contributed by atoms with Crippen molar-refractivity contribution in [1.82, 2.24) is 4.90 Å². The Morgan fingerprint density at radius 1 is 1.31 bits per heavy atom. The Bertz CT molecular complexity index is 897. The Morgan fingerprint density at radius 2 is 2.08 bits per heavy atom. The van der Waals surface area contributed by atoms with Crippen LogP contribution >= 0.6 is 11.3 Å². The maximum atomic E-state index is 11.8. The number of carbonyl (C=O) groups is 2. The summed E-state index contributed by atoms with van der Waals surface area (Å²) >= 11 is 1.39. The van der Waals surface area contributed by atoms with Gasteiger partial charge in [-0.25, -0.2) is 4.79 Å². The van der Waals surface area contributed by atoms with Gasteiger partial charge in [-0.2, -0.15) is 5.26 Å². The summed E-state index contributed by atoms with van der Waals surface area (Å²) in [6, 6.07) is 12.4. The molecule has 2 heterocycles. The number of anilines is 1. The number of nitrogens with one attached hydrogen (secondary N) is 1. The number of carboxylic acid groups (broad SMARTS) is 1. The number of nitrogens with zero attached hydrogens (tertiary/aromatic N) is 2. The summed E-state index contributed by atoms with van der Waals surface area (Å²) in [7, 11) is 0. The fraction of sp³-hybridized carbons (Fsp3) is 0.211. The molecule has 0 unspecified atom stereocenters. The molecule has 1 aliphatic rings. The van der Waals surface area contributed by atoms with Crippen LogP contribution in [0.25, 0.3) is 0 Å². The quantitative estimate of drug-likeness (QED) is 0.793. The van der Waals surface area contributed by atoms with Crippen LogP contribution in [0.1, 0.15) is 21.6 Å². The van der Waals surface area contributed by atoms with E-state index in [1.807, 2.05) is 18.2 Å². The minimum atomic E-state index is -1.19. The predicted molar refractivity (Wildman–Crippen MR) is 98.7 cm³/mol. The predicted octanol–water partition coefficient (Wildman–Crippen LogP) is 2.76. The number of rotatable bonds is 5. The standard InChI is InChI=1S/C19H17N3O3S/c20-10-15-14-8-9-22(11-13-4-2-1-3-5-13)12-16(14)26-19(15)21-17(23)6-7-18(24)25/h1-7H,8-9,11-12H2,(H,21,23)(H,24,25)/b7-6+. The van der Waals surface area contributed by atoms with Gasteiger partial charge in [-0.1, -0.05) is 30.3 Å². The van der Waals surface area contributed by atoms with E-state index in [-0.39, 0.29) is 0 Å². The third-order valence-corrected chi connectivity index (χ3v) is 5.24. The first-order valence-electron chi connectivity index (χ1n) is 8.09. The van der Waals surface area contributed by atoms with Crippen molar-refractivity contribution in [2.24, 2.45) is 0 Å². The van der Waals surface area contributed by atoms with E-state index in [0.717, 1.165) is 48.6 Å². The normalized spacial score (nSPS) is 14.0. The second-order valence-electron chi connectivity index (χ2n) is 5.93. The van der Waals surface area contributed by atoms with Crippen LogP contribution in [-0.4, -0.2) is 28.4 Å². The van der Waals surface area contributed by atoms with Gasteiger partial charge in [0.2, 0.25) is 5.91 Å². The van der Waals surface area contributed by atoms with E-state index in [0.29, 0.717) is 10.6 Å². The van der Waals surface area contributed by atoms with E-state index in [4.69, 9.17) is 5.11 Å². The van der Waals surface area contributed by atoms with Crippen LogP contribution in [0.4, 0.5) is 5.00 Å². The highest BCUT2D eigenvalue weighted by Gasteiger charge is 2.25. The molecule has 2 N–H and O–H groups in total. The molecule has 26 heavy (non-hydrogen) atoms. The molecular weight excluding hydrogens is 350 g/mol. The molecule has 0 fully saturated rings. The lowest BCUT2D eigenvalue weighted by Crippen LogP contribution is -2.29. The molecule has 2 aromatic rings. The van der Waals surface area contributed by atoms with Crippen LogP contribution in [0.3, 0.4) is 0 Å². The molecule has 132 valence electrons. The Hall–Kier alpha value is -2.95. The first kappa shape index (κ1) is 17.9. The molecule has 1 aliphatic heterocycles. The average Bonchev–Trinajstić information content (AvgIpc) is 2.97. The molecule has 0 spiro atoms. The number of benzene rings is 1. The van der Waals surface area contributed by atoms with Gasteiger partial charge >= 0.3 is 5.97 Å². The molecule has 3 rings (SSSR count). The van der Waals surface area contributed by atoms with E-state index < -0.39 is 11.9 Å². The van der Waals surface area contributed by atoms with Crippen LogP contribution in [0, 0.1) is 11.3 Å². The molecule has 1 aromatic heterocycles. The lowest BCUT2D eigenvalue weighted by atomic mass is 10.0. The maximum Gasteiger partial charge on any atom is 0.328 e. The number of carboxylic acids is 1. The van der Waals surface area contributed by atoms with Gasteiger partial charge in [0.1, 0.15) is 11.1 Å². The van der Waals surface area contributed by atoms with Crippen molar-refractivity contribution in [1.29, 1.82) is 5.26 Å². The fourth-order valence-corrected chi connectivity index (χ4v) is 4.18. The molecule has 0 radical (unpaired) electrons. The van der Waals surface area contributed by atoms with Crippen LogP contribution < -0.4 is 5.32 Å². The van der Waals surface area contributed by atoms with Gasteiger partial charge in [0.25, 0.3) is 0 Å². The molecule has 6 nitrogen and oxygen atoms in total. The van der Waals surface area contributed by atoms with Crippen molar-refractivity contribution < 1.29 is 14.7 Å². The monoisotopic (exact) mass is 367 g/mol. The first-order valence-corrected chi connectivity index (χ1v) is 8.91. The zero-order chi connectivity index (χ0) is 18.5. The molecule has 0 bridgehead atoms. The van der Waals surface area contributed by atoms with Crippen molar-refractivity contribution in [3.05, 3.63) is 64.1 Å². The number of carbonyl (C=O) groups excluding carboxylic acids is 1. The highest BCUT2D eigenvalue weighted by Crippen LogP contribution is 2.37. The van der Waals surface area contributed by atoms with E-state index in [9.17, 15) is 14.9 Å². The van der Waals surface area contributed by atoms with Crippen LogP contribution in [0.5, 0.6) is 0 Å². The summed E-state index contributed by atoms with van der Waals surface area (Å²) in [5, 5.41) is 21.2. The Morgan fingerprint density at radius 3 is 2.77 bits per heavy atom. The topological polar surface area (TPSA) is 93.4 Å². The van der Waals surface area contributed by atoms with Gasteiger partial charge in [0, 0.05) is 36.7 Å². The van der Waals surface area contributed by atoms with Crippen LogP contribution in [0.15, 0.2) is 42.5 Å². The summed E-state index contributed by atoms with van der Waals surface area (Å²) in [5.41, 5.74) is 2.71.